The van der Waals surface area contributed by atoms with Crippen molar-refractivity contribution in [1.82, 2.24) is 14.6 Å². The van der Waals surface area contributed by atoms with Gasteiger partial charge in [-0.05, 0) is 6.92 Å². The Morgan fingerprint density at radius 2 is 2.09 bits per heavy atom. The SMILES string of the molecule is CCO/N=C(\C(=O)NC1C(=O)N(S(=O)(=O)O)C1C(=O)OC)c1csc(NC(=O)CCl)n1.[H-].[Na+]. The van der Waals surface area contributed by atoms with Crippen LogP contribution in [0.15, 0.2) is 10.5 Å². The second-order valence-electron chi connectivity index (χ2n) is 5.61. The smallest absolute Gasteiger partial charge is 1.00 e. The van der Waals surface area contributed by atoms with E-state index in [0.29, 0.717) is 0 Å². The quantitative estimate of drug-likeness (QED) is 0.0546. The van der Waals surface area contributed by atoms with Crippen LogP contribution in [0.1, 0.15) is 14.0 Å². The number of anilines is 1. The van der Waals surface area contributed by atoms with E-state index in [1.807, 2.05) is 0 Å². The van der Waals surface area contributed by atoms with Gasteiger partial charge in [-0.2, -0.15) is 12.7 Å². The first-order valence-electron chi connectivity index (χ1n) is 8.26. The molecule has 1 fully saturated rings. The molecule has 1 aromatic heterocycles. The van der Waals surface area contributed by atoms with Gasteiger partial charge in [0.2, 0.25) is 5.91 Å². The number of rotatable bonds is 9. The Morgan fingerprint density at radius 3 is 2.62 bits per heavy atom. The van der Waals surface area contributed by atoms with E-state index in [2.05, 4.69) is 25.5 Å². The number of nitrogens with zero attached hydrogens (tertiary/aromatic N) is 3. The zero-order valence-corrected chi connectivity index (χ0v) is 21.3. The normalized spacial score (nSPS) is 18.2. The van der Waals surface area contributed by atoms with Crippen LogP contribution in [0.2, 0.25) is 0 Å². The second-order valence-corrected chi connectivity index (χ2v) is 8.02. The Balaban J connectivity index is 0.00000512. The first kappa shape index (κ1) is 28.2. The monoisotopic (exact) mass is 521 g/mol. The van der Waals surface area contributed by atoms with Crippen molar-refractivity contribution in [2.75, 3.05) is 24.9 Å². The summed E-state index contributed by atoms with van der Waals surface area (Å²) in [5.74, 6) is -4.36. The third kappa shape index (κ3) is 6.37. The topological polar surface area (TPSA) is 194 Å². The predicted octanol–water partition coefficient (Wildman–Crippen LogP) is -4.15. The number of alkyl halides is 1. The summed E-state index contributed by atoms with van der Waals surface area (Å²) < 4.78 is 36.1. The number of thiazole rings is 1. The van der Waals surface area contributed by atoms with Gasteiger partial charge >= 0.3 is 45.8 Å². The van der Waals surface area contributed by atoms with Gasteiger partial charge in [0, 0.05) is 5.38 Å². The minimum absolute atomic E-state index is 0. The first-order chi connectivity index (χ1) is 14.5. The number of carbonyl (C=O) groups excluding carboxylic acids is 4. The molecular weight excluding hydrogens is 505 g/mol. The Labute approximate surface area is 214 Å². The number of ether oxygens (including phenoxy) is 1. The number of hydrogen-bond donors (Lipinski definition) is 3. The zero-order valence-electron chi connectivity index (χ0n) is 17.9. The molecule has 0 aromatic carbocycles. The number of nitrogens with one attached hydrogen (secondary N) is 2. The molecule has 0 radical (unpaired) electrons. The van der Waals surface area contributed by atoms with Crippen molar-refractivity contribution >= 4 is 67.8 Å². The van der Waals surface area contributed by atoms with Crippen molar-refractivity contribution in [3.63, 3.8) is 0 Å². The summed E-state index contributed by atoms with van der Waals surface area (Å²) in [6.45, 7) is 1.65. The second kappa shape index (κ2) is 11.9. The predicted molar refractivity (Wildman–Crippen MR) is 107 cm³/mol. The summed E-state index contributed by atoms with van der Waals surface area (Å²) >= 11 is 6.35. The third-order valence-corrected chi connectivity index (χ3v) is 5.55. The maximum absolute atomic E-state index is 12.7. The van der Waals surface area contributed by atoms with E-state index in [1.165, 1.54) is 5.38 Å². The van der Waals surface area contributed by atoms with Gasteiger partial charge in [-0.25, -0.2) is 9.78 Å². The van der Waals surface area contributed by atoms with Crippen LogP contribution in [0.3, 0.4) is 0 Å². The molecule has 1 aliphatic rings. The van der Waals surface area contributed by atoms with Gasteiger partial charge in [-0.15, -0.1) is 22.9 Å². The molecule has 0 saturated carbocycles. The van der Waals surface area contributed by atoms with Gasteiger partial charge in [-0.1, -0.05) is 5.16 Å². The van der Waals surface area contributed by atoms with E-state index in [0.717, 1.165) is 18.4 Å². The van der Waals surface area contributed by atoms with Crippen LogP contribution >= 0.6 is 22.9 Å². The Hall–Kier alpha value is -1.82. The fourth-order valence-electron chi connectivity index (χ4n) is 2.35. The van der Waals surface area contributed by atoms with Crippen molar-refractivity contribution < 1.29 is 72.7 Å². The summed E-state index contributed by atoms with van der Waals surface area (Å²) in [5, 5.41) is 9.59. The van der Waals surface area contributed by atoms with Crippen LogP contribution in [-0.2, 0) is 39.1 Å². The van der Waals surface area contributed by atoms with Crippen LogP contribution in [0.5, 0.6) is 0 Å². The molecule has 1 saturated heterocycles. The number of carbonyl (C=O) groups is 4. The number of β-lactam (4-membered cyclic amide) rings is 1. The fraction of sp³-hybridized carbons (Fsp3) is 0.429. The van der Waals surface area contributed by atoms with Crippen LogP contribution < -0.4 is 40.2 Å². The summed E-state index contributed by atoms with van der Waals surface area (Å²) in [4.78, 5) is 56.9. The summed E-state index contributed by atoms with van der Waals surface area (Å²) in [6.07, 6.45) is 0. The molecule has 2 rings (SSSR count). The number of amides is 3. The molecule has 18 heteroatoms. The van der Waals surface area contributed by atoms with Gasteiger partial charge in [0.15, 0.2) is 16.9 Å². The van der Waals surface area contributed by atoms with E-state index in [4.69, 9.17) is 21.0 Å². The minimum Gasteiger partial charge on any atom is -1.00 e. The number of aromatic nitrogens is 1. The molecule has 1 aliphatic heterocycles. The number of halogens is 1. The van der Waals surface area contributed by atoms with Crippen molar-refractivity contribution in [2.24, 2.45) is 5.16 Å². The molecule has 2 unspecified atom stereocenters. The molecule has 0 spiro atoms. The number of esters is 1. The molecule has 32 heavy (non-hydrogen) atoms. The average Bonchev–Trinajstić information content (AvgIpc) is 3.16. The van der Waals surface area contributed by atoms with Crippen LogP contribution in [0, 0.1) is 0 Å². The maximum atomic E-state index is 12.7. The molecule has 2 atom stereocenters. The van der Waals surface area contributed by atoms with E-state index in [9.17, 15) is 27.6 Å². The molecule has 0 bridgehead atoms. The third-order valence-electron chi connectivity index (χ3n) is 3.64. The van der Waals surface area contributed by atoms with Gasteiger partial charge in [0.1, 0.15) is 24.2 Å². The van der Waals surface area contributed by atoms with Crippen LogP contribution in [0.4, 0.5) is 5.13 Å². The zero-order chi connectivity index (χ0) is 23.3. The minimum atomic E-state index is -5.07. The fourth-order valence-corrected chi connectivity index (χ4v) is 3.96. The van der Waals surface area contributed by atoms with Crippen LogP contribution in [0.25, 0.3) is 0 Å². The van der Waals surface area contributed by atoms with Crippen molar-refractivity contribution in [3.8, 4) is 0 Å². The Morgan fingerprint density at radius 1 is 1.44 bits per heavy atom. The van der Waals surface area contributed by atoms with Gasteiger partial charge < -0.3 is 21.6 Å². The molecule has 0 aliphatic carbocycles. The number of methoxy groups -OCH3 is 1. The van der Waals surface area contributed by atoms with Crippen molar-refractivity contribution in [3.05, 3.63) is 11.1 Å². The number of hydrogen-bond acceptors (Lipinski definition) is 11. The molecule has 3 amide bonds. The largest absolute Gasteiger partial charge is 1.00 e. The first-order valence-corrected chi connectivity index (χ1v) is 11.1. The van der Waals surface area contributed by atoms with E-state index in [-0.39, 0.29) is 58.6 Å². The summed E-state index contributed by atoms with van der Waals surface area (Å²) in [5.41, 5.74) is -0.472. The van der Waals surface area contributed by atoms with E-state index >= 15 is 0 Å². The van der Waals surface area contributed by atoms with Crippen molar-refractivity contribution in [2.45, 2.75) is 19.0 Å². The van der Waals surface area contributed by atoms with E-state index < -0.39 is 51.8 Å². The molecule has 14 nitrogen and oxygen atoms in total. The average molecular weight is 522 g/mol. The van der Waals surface area contributed by atoms with E-state index in [1.54, 1.807) is 6.92 Å². The molecule has 2 heterocycles. The molecule has 1 aromatic rings. The van der Waals surface area contributed by atoms with Gasteiger partial charge in [0.25, 0.3) is 11.8 Å². The van der Waals surface area contributed by atoms with Crippen LogP contribution in [-0.4, -0.2) is 83.3 Å². The Bertz CT molecular complexity index is 1040. The molecule has 3 N–H and O–H groups in total. The summed E-state index contributed by atoms with van der Waals surface area (Å²) in [6, 6.07) is -3.48. The van der Waals surface area contributed by atoms with Crippen molar-refractivity contribution in [1.29, 1.82) is 0 Å². The maximum Gasteiger partial charge on any atom is 1.00 e. The molecule has 172 valence electrons. The number of oxime groups is 1. The Kier molecular flexibility index (Phi) is 10.5. The van der Waals surface area contributed by atoms with Gasteiger partial charge in [-0.3, -0.25) is 18.9 Å². The van der Waals surface area contributed by atoms with Gasteiger partial charge in [0.05, 0.1) is 7.11 Å². The molecular formula is C14H17ClN5NaO9S2. The standard InChI is InChI=1S/C14H16ClN5O9S2.Na.H/c1-3-29-19-8(6-5-30-14(16-6)17-7(21)4-15)11(22)18-9-10(13(24)28-2)20(12(9)23)31(25,26)27;;/h5,9-10H,3-4H2,1-2H3,(H,18,22)(H,16,17,21)(H,25,26,27);;/q;+1;-1/b19-8-;;. The summed E-state index contributed by atoms with van der Waals surface area (Å²) in [7, 11) is -4.14.